The summed E-state index contributed by atoms with van der Waals surface area (Å²) in [7, 11) is 1.58. The molecule has 1 atom stereocenters. The van der Waals surface area contributed by atoms with E-state index in [1.807, 2.05) is 18.2 Å². The van der Waals surface area contributed by atoms with E-state index in [1.54, 1.807) is 7.11 Å². The van der Waals surface area contributed by atoms with Gasteiger partial charge in [-0.25, -0.2) is 4.79 Å². The normalized spacial score (nSPS) is 19.0. The van der Waals surface area contributed by atoms with Gasteiger partial charge in [-0.05, 0) is 25.0 Å². The number of hydrogen-bond donors (Lipinski definition) is 3. The lowest BCUT2D eigenvalue weighted by atomic mass is 10.0. The second-order valence-electron chi connectivity index (χ2n) is 4.66. The third-order valence-electron chi connectivity index (χ3n) is 3.33. The maximum atomic E-state index is 10.7. The second kappa shape index (κ2) is 5.69. The number of rotatable bonds is 3. The van der Waals surface area contributed by atoms with E-state index in [4.69, 9.17) is 15.6 Å². The molecule has 1 saturated heterocycles. The average molecular weight is 265 g/mol. The van der Waals surface area contributed by atoms with Crippen molar-refractivity contribution in [3.63, 3.8) is 0 Å². The van der Waals surface area contributed by atoms with Gasteiger partial charge in [0.25, 0.3) is 0 Å². The molecule has 1 fully saturated rings. The van der Waals surface area contributed by atoms with Gasteiger partial charge >= 0.3 is 6.09 Å². The molecular formula is C13H19N3O3. The van der Waals surface area contributed by atoms with E-state index in [1.165, 1.54) is 0 Å². The highest BCUT2D eigenvalue weighted by molar-refractivity contribution is 5.65. The molecule has 1 aromatic rings. The van der Waals surface area contributed by atoms with Crippen LogP contribution in [-0.2, 0) is 0 Å². The highest BCUT2D eigenvalue weighted by atomic mass is 16.5. The number of anilines is 2. The fourth-order valence-electron chi connectivity index (χ4n) is 2.40. The topological polar surface area (TPSA) is 87.8 Å². The fourth-order valence-corrected chi connectivity index (χ4v) is 2.40. The molecule has 0 unspecified atom stereocenters. The number of methoxy groups -OCH3 is 1. The maximum Gasteiger partial charge on any atom is 0.404 e. The lowest BCUT2D eigenvalue weighted by Gasteiger charge is -2.34. The Bertz CT molecular complexity index is 464. The van der Waals surface area contributed by atoms with Crippen LogP contribution in [0.3, 0.4) is 0 Å². The number of nitrogens with two attached hydrogens (primary N) is 1. The first-order chi connectivity index (χ1) is 9.10. The van der Waals surface area contributed by atoms with Crippen LogP contribution in [0.5, 0.6) is 5.75 Å². The summed E-state index contributed by atoms with van der Waals surface area (Å²) < 4.78 is 5.21. The summed E-state index contributed by atoms with van der Waals surface area (Å²) in [5, 5.41) is 11.3. The smallest absolute Gasteiger partial charge is 0.404 e. The molecule has 0 aromatic heterocycles. The molecule has 1 aliphatic rings. The largest absolute Gasteiger partial charge is 0.495 e. The lowest BCUT2D eigenvalue weighted by molar-refractivity contribution is 0.188. The number of carbonyl (C=O) groups is 1. The second-order valence-corrected chi connectivity index (χ2v) is 4.66. The molecule has 1 aliphatic heterocycles. The third-order valence-corrected chi connectivity index (χ3v) is 3.33. The predicted molar refractivity (Wildman–Crippen MR) is 73.8 cm³/mol. The van der Waals surface area contributed by atoms with Crippen molar-refractivity contribution in [2.75, 3.05) is 30.8 Å². The zero-order chi connectivity index (χ0) is 13.8. The summed E-state index contributed by atoms with van der Waals surface area (Å²) in [5.74, 6) is 0.644. The summed E-state index contributed by atoms with van der Waals surface area (Å²) >= 11 is 0. The van der Waals surface area contributed by atoms with E-state index in [0.717, 1.165) is 25.1 Å². The van der Waals surface area contributed by atoms with Crippen LogP contribution in [0.2, 0.25) is 0 Å². The third kappa shape index (κ3) is 3.21. The molecule has 2 rings (SSSR count). The average Bonchev–Trinajstić information content (AvgIpc) is 2.39. The van der Waals surface area contributed by atoms with Crippen molar-refractivity contribution in [1.82, 2.24) is 5.32 Å². The van der Waals surface area contributed by atoms with Crippen LogP contribution >= 0.6 is 0 Å². The number of carboxylic acid groups (broad SMARTS) is 1. The highest BCUT2D eigenvalue weighted by Gasteiger charge is 2.21. The Morgan fingerprint density at radius 3 is 3.05 bits per heavy atom. The number of amides is 1. The summed E-state index contributed by atoms with van der Waals surface area (Å²) in [4.78, 5) is 12.8. The van der Waals surface area contributed by atoms with Gasteiger partial charge in [-0.2, -0.15) is 0 Å². The van der Waals surface area contributed by atoms with Crippen LogP contribution in [0.25, 0.3) is 0 Å². The van der Waals surface area contributed by atoms with Crippen LogP contribution in [0.15, 0.2) is 18.2 Å². The minimum absolute atomic E-state index is 0.0326. The zero-order valence-corrected chi connectivity index (χ0v) is 10.9. The van der Waals surface area contributed by atoms with Gasteiger partial charge in [0.15, 0.2) is 0 Å². The number of hydrogen-bond acceptors (Lipinski definition) is 4. The molecule has 104 valence electrons. The van der Waals surface area contributed by atoms with E-state index in [9.17, 15) is 4.79 Å². The molecule has 6 nitrogen and oxygen atoms in total. The number of ether oxygens (including phenoxy) is 1. The van der Waals surface area contributed by atoms with E-state index < -0.39 is 6.09 Å². The van der Waals surface area contributed by atoms with Crippen molar-refractivity contribution in [2.24, 2.45) is 0 Å². The number of nitrogens with one attached hydrogen (secondary N) is 1. The van der Waals surface area contributed by atoms with Crippen molar-refractivity contribution in [2.45, 2.75) is 18.9 Å². The molecular weight excluding hydrogens is 246 g/mol. The van der Waals surface area contributed by atoms with Crippen LogP contribution in [0.1, 0.15) is 12.8 Å². The maximum absolute atomic E-state index is 10.7. The van der Waals surface area contributed by atoms with Crippen LogP contribution in [-0.4, -0.2) is 37.4 Å². The van der Waals surface area contributed by atoms with Crippen LogP contribution in [0, 0.1) is 0 Å². The number of nitrogens with zero attached hydrogens (tertiary/aromatic N) is 1. The standard InChI is InChI=1S/C13H19N3O3/c1-19-12-7-10(4-5-11(12)14)16-6-2-3-9(8-16)15-13(17)18/h4-5,7,9,15H,2-3,6,8,14H2,1H3,(H,17,18)/t9-/m1/s1. The van der Waals surface area contributed by atoms with Gasteiger partial charge in [0.2, 0.25) is 0 Å². The van der Waals surface area contributed by atoms with Gasteiger partial charge in [0.1, 0.15) is 5.75 Å². The Kier molecular flexibility index (Phi) is 3.99. The Hall–Kier alpha value is -2.11. The Labute approximate surface area is 112 Å². The molecule has 4 N–H and O–H groups in total. The molecule has 0 radical (unpaired) electrons. The Balaban J connectivity index is 2.10. The molecule has 1 aromatic carbocycles. The van der Waals surface area contributed by atoms with Crippen molar-refractivity contribution >= 4 is 17.5 Å². The highest BCUT2D eigenvalue weighted by Crippen LogP contribution is 2.29. The van der Waals surface area contributed by atoms with Gasteiger partial charge in [0.05, 0.1) is 12.8 Å². The number of nitrogen functional groups attached to an aromatic ring is 1. The molecule has 0 spiro atoms. The summed E-state index contributed by atoms with van der Waals surface area (Å²) in [5.41, 5.74) is 7.39. The van der Waals surface area contributed by atoms with Crippen molar-refractivity contribution in [3.8, 4) is 5.75 Å². The molecule has 0 bridgehead atoms. The predicted octanol–water partition coefficient (Wildman–Crippen LogP) is 1.51. The summed E-state index contributed by atoms with van der Waals surface area (Å²) in [6, 6.07) is 5.59. The van der Waals surface area contributed by atoms with Gasteiger partial charge in [0, 0.05) is 30.9 Å². The molecule has 6 heteroatoms. The number of piperidine rings is 1. The van der Waals surface area contributed by atoms with Gasteiger partial charge in [-0.15, -0.1) is 0 Å². The molecule has 1 amide bonds. The fraction of sp³-hybridized carbons (Fsp3) is 0.462. The first kappa shape index (κ1) is 13.3. The zero-order valence-electron chi connectivity index (χ0n) is 10.9. The van der Waals surface area contributed by atoms with E-state index in [-0.39, 0.29) is 6.04 Å². The quantitative estimate of drug-likeness (QED) is 0.721. The number of benzene rings is 1. The molecule has 0 aliphatic carbocycles. The lowest BCUT2D eigenvalue weighted by Crippen LogP contribution is -2.47. The van der Waals surface area contributed by atoms with Crippen LogP contribution < -0.4 is 20.7 Å². The van der Waals surface area contributed by atoms with Crippen LogP contribution in [0.4, 0.5) is 16.2 Å². The summed E-state index contributed by atoms with van der Waals surface area (Å²) in [6.45, 7) is 1.57. The molecule has 0 saturated carbocycles. The van der Waals surface area contributed by atoms with E-state index in [2.05, 4.69) is 10.2 Å². The van der Waals surface area contributed by atoms with Crippen molar-refractivity contribution in [3.05, 3.63) is 18.2 Å². The van der Waals surface area contributed by atoms with Gasteiger partial charge < -0.3 is 25.8 Å². The molecule has 1 heterocycles. The Morgan fingerprint density at radius 2 is 2.37 bits per heavy atom. The SMILES string of the molecule is COc1cc(N2CCC[C@@H](NC(=O)O)C2)ccc1N. The summed E-state index contributed by atoms with van der Waals surface area (Å²) in [6.07, 6.45) is 0.855. The van der Waals surface area contributed by atoms with Crippen molar-refractivity contribution in [1.29, 1.82) is 0 Å². The van der Waals surface area contributed by atoms with Gasteiger partial charge in [-0.1, -0.05) is 0 Å². The van der Waals surface area contributed by atoms with Gasteiger partial charge in [-0.3, -0.25) is 0 Å². The monoisotopic (exact) mass is 265 g/mol. The van der Waals surface area contributed by atoms with E-state index >= 15 is 0 Å². The minimum atomic E-state index is -0.971. The first-order valence-electron chi connectivity index (χ1n) is 6.28. The van der Waals surface area contributed by atoms with E-state index in [0.29, 0.717) is 18.0 Å². The first-order valence-corrected chi connectivity index (χ1v) is 6.28. The van der Waals surface area contributed by atoms with Crippen molar-refractivity contribution < 1.29 is 14.6 Å². The minimum Gasteiger partial charge on any atom is -0.495 e. The Morgan fingerprint density at radius 1 is 1.58 bits per heavy atom. The molecule has 19 heavy (non-hydrogen) atoms.